The van der Waals surface area contributed by atoms with Crippen molar-refractivity contribution in [3.05, 3.63) is 72.1 Å². The number of amides is 1. The summed E-state index contributed by atoms with van der Waals surface area (Å²) in [5, 5.41) is 14.3. The van der Waals surface area contributed by atoms with Crippen LogP contribution >= 0.6 is 0 Å². The minimum Gasteiger partial charge on any atom is -0.355 e. The molecule has 0 radical (unpaired) electrons. The molecule has 1 amide bonds. The Morgan fingerprint density at radius 3 is 2.44 bits per heavy atom. The van der Waals surface area contributed by atoms with Crippen molar-refractivity contribution < 1.29 is 4.79 Å². The SMILES string of the molecule is O=C(Cc1ccc(-n2cnnn2)cc1)NCC1(c2ccccc2)CCCC1. The number of nitrogens with one attached hydrogen (secondary N) is 1. The number of tetrazole rings is 1. The number of carbonyl (C=O) groups excluding carboxylic acids is 1. The van der Waals surface area contributed by atoms with E-state index in [1.807, 2.05) is 30.3 Å². The lowest BCUT2D eigenvalue weighted by Gasteiger charge is -2.30. The number of hydrogen-bond donors (Lipinski definition) is 1. The first-order chi connectivity index (χ1) is 13.3. The zero-order valence-electron chi connectivity index (χ0n) is 15.2. The van der Waals surface area contributed by atoms with E-state index in [4.69, 9.17) is 0 Å². The molecule has 1 aliphatic rings. The largest absolute Gasteiger partial charge is 0.355 e. The smallest absolute Gasteiger partial charge is 0.224 e. The first-order valence-electron chi connectivity index (χ1n) is 9.40. The fraction of sp³-hybridized carbons (Fsp3) is 0.333. The van der Waals surface area contributed by atoms with Gasteiger partial charge in [0.05, 0.1) is 12.1 Å². The normalized spacial score (nSPS) is 15.6. The van der Waals surface area contributed by atoms with Crippen molar-refractivity contribution in [3.8, 4) is 5.69 Å². The Bertz CT molecular complexity index is 869. The molecule has 1 N–H and O–H groups in total. The highest BCUT2D eigenvalue weighted by molar-refractivity contribution is 5.78. The van der Waals surface area contributed by atoms with E-state index in [1.54, 1.807) is 11.0 Å². The molecule has 0 aliphatic heterocycles. The van der Waals surface area contributed by atoms with Crippen LogP contribution in [0.4, 0.5) is 0 Å². The minimum absolute atomic E-state index is 0.0624. The molecular formula is C21H23N5O. The van der Waals surface area contributed by atoms with E-state index in [0.717, 1.165) is 24.1 Å². The molecule has 0 spiro atoms. The maximum absolute atomic E-state index is 12.5. The van der Waals surface area contributed by atoms with Gasteiger partial charge in [-0.05, 0) is 46.5 Å². The van der Waals surface area contributed by atoms with Gasteiger partial charge in [0.25, 0.3) is 0 Å². The van der Waals surface area contributed by atoms with Crippen LogP contribution in [0.25, 0.3) is 5.69 Å². The molecule has 4 rings (SSSR count). The molecule has 0 saturated heterocycles. The summed E-state index contributed by atoms with van der Waals surface area (Å²) in [6.07, 6.45) is 6.65. The van der Waals surface area contributed by atoms with E-state index < -0.39 is 0 Å². The molecule has 1 aromatic heterocycles. The molecule has 0 unspecified atom stereocenters. The van der Waals surface area contributed by atoms with E-state index in [-0.39, 0.29) is 11.3 Å². The van der Waals surface area contributed by atoms with Gasteiger partial charge < -0.3 is 5.32 Å². The zero-order valence-corrected chi connectivity index (χ0v) is 15.2. The third-order valence-corrected chi connectivity index (χ3v) is 5.49. The fourth-order valence-electron chi connectivity index (χ4n) is 3.97. The van der Waals surface area contributed by atoms with Crippen molar-refractivity contribution in [3.63, 3.8) is 0 Å². The molecule has 6 heteroatoms. The number of rotatable bonds is 6. The van der Waals surface area contributed by atoms with Gasteiger partial charge in [0, 0.05) is 12.0 Å². The average molecular weight is 361 g/mol. The second-order valence-electron chi connectivity index (χ2n) is 7.23. The molecule has 3 aromatic rings. The highest BCUT2D eigenvalue weighted by atomic mass is 16.1. The maximum atomic E-state index is 12.5. The highest BCUT2D eigenvalue weighted by Gasteiger charge is 2.35. The van der Waals surface area contributed by atoms with Gasteiger partial charge in [-0.2, -0.15) is 0 Å². The molecule has 27 heavy (non-hydrogen) atoms. The number of hydrogen-bond acceptors (Lipinski definition) is 4. The lowest BCUT2D eigenvalue weighted by Crippen LogP contribution is -2.39. The second kappa shape index (κ2) is 7.70. The Balaban J connectivity index is 1.38. The number of carbonyl (C=O) groups is 1. The molecular weight excluding hydrogens is 338 g/mol. The lowest BCUT2D eigenvalue weighted by atomic mass is 9.79. The van der Waals surface area contributed by atoms with E-state index in [0.29, 0.717) is 13.0 Å². The van der Waals surface area contributed by atoms with Crippen molar-refractivity contribution in [2.45, 2.75) is 37.5 Å². The monoisotopic (exact) mass is 361 g/mol. The van der Waals surface area contributed by atoms with Crippen molar-refractivity contribution in [2.75, 3.05) is 6.54 Å². The Morgan fingerprint density at radius 2 is 1.78 bits per heavy atom. The molecule has 0 bridgehead atoms. The van der Waals surface area contributed by atoms with Crippen molar-refractivity contribution in [2.24, 2.45) is 0 Å². The summed E-state index contributed by atoms with van der Waals surface area (Å²) < 4.78 is 1.59. The van der Waals surface area contributed by atoms with Crippen LogP contribution in [0.2, 0.25) is 0 Å². The molecule has 2 aromatic carbocycles. The van der Waals surface area contributed by atoms with Gasteiger partial charge in [-0.1, -0.05) is 55.3 Å². The summed E-state index contributed by atoms with van der Waals surface area (Å²) in [4.78, 5) is 12.5. The predicted molar refractivity (Wildman–Crippen MR) is 102 cm³/mol. The third kappa shape index (κ3) is 3.89. The first kappa shape index (κ1) is 17.4. The van der Waals surface area contributed by atoms with E-state index >= 15 is 0 Å². The van der Waals surface area contributed by atoms with Gasteiger partial charge in [0.15, 0.2) is 0 Å². The van der Waals surface area contributed by atoms with Gasteiger partial charge in [-0.15, -0.1) is 5.10 Å². The van der Waals surface area contributed by atoms with E-state index in [9.17, 15) is 4.79 Å². The minimum atomic E-state index is 0.0624. The fourth-order valence-corrected chi connectivity index (χ4v) is 3.97. The predicted octanol–water partition coefficient (Wildman–Crippen LogP) is 2.83. The van der Waals surface area contributed by atoms with E-state index in [1.165, 1.54) is 18.4 Å². The Hall–Kier alpha value is -3.02. The van der Waals surface area contributed by atoms with Crippen LogP contribution < -0.4 is 5.32 Å². The quantitative estimate of drug-likeness (QED) is 0.733. The van der Waals surface area contributed by atoms with Crippen LogP contribution in [0, 0.1) is 0 Å². The van der Waals surface area contributed by atoms with Crippen LogP contribution in [0.15, 0.2) is 60.9 Å². The van der Waals surface area contributed by atoms with Gasteiger partial charge in [-0.3, -0.25) is 4.79 Å². The zero-order chi connectivity index (χ0) is 18.5. The number of benzene rings is 2. The van der Waals surface area contributed by atoms with Crippen molar-refractivity contribution >= 4 is 5.91 Å². The summed E-state index contributed by atoms with van der Waals surface area (Å²) in [6, 6.07) is 18.3. The summed E-state index contributed by atoms with van der Waals surface area (Å²) in [5.74, 6) is 0.0624. The molecule has 0 atom stereocenters. The molecule has 1 saturated carbocycles. The van der Waals surface area contributed by atoms with Gasteiger partial charge in [-0.25, -0.2) is 4.68 Å². The lowest BCUT2D eigenvalue weighted by molar-refractivity contribution is -0.120. The first-order valence-corrected chi connectivity index (χ1v) is 9.40. The second-order valence-corrected chi connectivity index (χ2v) is 7.23. The highest BCUT2D eigenvalue weighted by Crippen LogP contribution is 2.40. The molecule has 138 valence electrons. The standard InChI is InChI=1S/C21H23N5O/c27-20(14-17-8-10-19(11-9-17)26-16-23-24-25-26)22-15-21(12-4-5-13-21)18-6-2-1-3-7-18/h1-3,6-11,16H,4-5,12-15H2,(H,22,27). The topological polar surface area (TPSA) is 72.7 Å². The Labute approximate surface area is 158 Å². The summed E-state index contributed by atoms with van der Waals surface area (Å²) in [6.45, 7) is 0.707. The van der Waals surface area contributed by atoms with Crippen LogP contribution in [0.3, 0.4) is 0 Å². The van der Waals surface area contributed by atoms with Crippen LogP contribution in [0.5, 0.6) is 0 Å². The summed E-state index contributed by atoms with van der Waals surface area (Å²) in [7, 11) is 0. The van der Waals surface area contributed by atoms with Crippen LogP contribution in [-0.2, 0) is 16.6 Å². The van der Waals surface area contributed by atoms with Gasteiger partial charge in [0.2, 0.25) is 5.91 Å². The average Bonchev–Trinajstić information content (AvgIpc) is 3.41. The van der Waals surface area contributed by atoms with Crippen molar-refractivity contribution in [1.29, 1.82) is 0 Å². The van der Waals surface area contributed by atoms with Crippen molar-refractivity contribution in [1.82, 2.24) is 25.5 Å². The van der Waals surface area contributed by atoms with Gasteiger partial charge >= 0.3 is 0 Å². The Morgan fingerprint density at radius 1 is 1.04 bits per heavy atom. The Kier molecular flexibility index (Phi) is 4.96. The van der Waals surface area contributed by atoms with Crippen LogP contribution in [0.1, 0.15) is 36.8 Å². The van der Waals surface area contributed by atoms with E-state index in [2.05, 4.69) is 45.1 Å². The molecule has 1 heterocycles. The van der Waals surface area contributed by atoms with Gasteiger partial charge in [0.1, 0.15) is 6.33 Å². The summed E-state index contributed by atoms with van der Waals surface area (Å²) in [5.41, 5.74) is 3.28. The number of aromatic nitrogens is 4. The number of nitrogens with zero attached hydrogens (tertiary/aromatic N) is 4. The van der Waals surface area contributed by atoms with Crippen LogP contribution in [-0.4, -0.2) is 32.7 Å². The molecule has 6 nitrogen and oxygen atoms in total. The maximum Gasteiger partial charge on any atom is 0.224 e. The molecule has 1 fully saturated rings. The summed E-state index contributed by atoms with van der Waals surface area (Å²) >= 11 is 0. The third-order valence-electron chi connectivity index (χ3n) is 5.49. The molecule has 1 aliphatic carbocycles.